The number of benzene rings is 1. The van der Waals surface area contributed by atoms with E-state index in [-0.39, 0.29) is 30.7 Å². The Hall–Kier alpha value is -1.87. The van der Waals surface area contributed by atoms with Gasteiger partial charge in [0.1, 0.15) is 6.10 Å². The second-order valence-corrected chi connectivity index (χ2v) is 9.00. The molecule has 3 amide bonds. The van der Waals surface area contributed by atoms with E-state index < -0.39 is 6.10 Å². The Morgan fingerprint density at radius 3 is 2.59 bits per heavy atom. The molecule has 2 saturated heterocycles. The number of hydrogen-bond acceptors (Lipinski definition) is 5. The van der Waals surface area contributed by atoms with Gasteiger partial charge in [0.25, 0.3) is 0 Å². The van der Waals surface area contributed by atoms with Crippen LogP contribution in [0.4, 0.5) is 10.5 Å². The van der Waals surface area contributed by atoms with Crippen LogP contribution in [0.5, 0.6) is 0 Å². The average molecular weight is 467 g/mol. The van der Waals surface area contributed by atoms with Crippen LogP contribution >= 0.6 is 11.6 Å². The maximum atomic E-state index is 12.3. The molecular weight excluding hydrogens is 432 g/mol. The van der Waals surface area contributed by atoms with Gasteiger partial charge in [0.2, 0.25) is 5.91 Å². The van der Waals surface area contributed by atoms with E-state index in [0.29, 0.717) is 36.5 Å². The number of piperidine rings is 1. The quantitative estimate of drug-likeness (QED) is 0.448. The molecule has 2 heterocycles. The van der Waals surface area contributed by atoms with Crippen LogP contribution in [0, 0.1) is 0 Å². The summed E-state index contributed by atoms with van der Waals surface area (Å²) >= 11 is 5.86. The molecule has 0 aromatic heterocycles. The fourth-order valence-electron chi connectivity index (χ4n) is 4.28. The molecule has 0 aliphatic carbocycles. The van der Waals surface area contributed by atoms with E-state index in [0.717, 1.165) is 26.1 Å². The molecule has 0 unspecified atom stereocenters. The largest absolute Gasteiger partial charge is 0.394 e. The summed E-state index contributed by atoms with van der Waals surface area (Å²) in [4.78, 5) is 26.8. The highest BCUT2D eigenvalue weighted by atomic mass is 35.5. The van der Waals surface area contributed by atoms with Gasteiger partial charge in [-0.15, -0.1) is 0 Å². The van der Waals surface area contributed by atoms with Crippen molar-refractivity contribution in [1.82, 2.24) is 15.5 Å². The minimum absolute atomic E-state index is 0.0491. The molecule has 3 rings (SSSR count). The van der Waals surface area contributed by atoms with E-state index in [4.69, 9.17) is 16.3 Å². The highest BCUT2D eigenvalue weighted by Crippen LogP contribution is 2.22. The number of carbonyl (C=O) groups is 2. The molecule has 8 nitrogen and oxygen atoms in total. The number of anilines is 1. The Morgan fingerprint density at radius 1 is 1.12 bits per heavy atom. The number of halogens is 1. The van der Waals surface area contributed by atoms with Crippen LogP contribution in [0.25, 0.3) is 0 Å². The zero-order valence-corrected chi connectivity index (χ0v) is 19.3. The minimum atomic E-state index is -0.473. The third-order valence-corrected chi connectivity index (χ3v) is 6.36. The van der Waals surface area contributed by atoms with Crippen LogP contribution in [0.2, 0.25) is 5.02 Å². The summed E-state index contributed by atoms with van der Waals surface area (Å²) in [5, 5.41) is 19.0. The Bertz CT molecular complexity index is 727. The Labute approximate surface area is 195 Å². The monoisotopic (exact) mass is 466 g/mol. The first-order chi connectivity index (χ1) is 15.5. The standard InChI is InChI=1S/C23H35ClN4O4/c24-17-4-6-18(7-5-17)26-23(31)27-20-9-8-19(32-21(20)16-29)10-12-25-22(30)11-15-28-13-2-1-3-14-28/h4-7,19-21,29H,1-3,8-16H2,(H,25,30)(H2,26,27,31)/t19-,20-,21-/m0/s1. The van der Waals surface area contributed by atoms with Gasteiger partial charge < -0.3 is 30.7 Å². The molecule has 178 valence electrons. The number of ether oxygens (including phenoxy) is 1. The third kappa shape index (κ3) is 8.24. The molecule has 3 atom stereocenters. The van der Waals surface area contributed by atoms with Crippen molar-refractivity contribution in [1.29, 1.82) is 0 Å². The summed E-state index contributed by atoms with van der Waals surface area (Å²) in [6.07, 6.45) is 5.90. The first-order valence-corrected chi connectivity index (χ1v) is 12.0. The van der Waals surface area contributed by atoms with E-state index >= 15 is 0 Å². The fraction of sp³-hybridized carbons (Fsp3) is 0.652. The van der Waals surface area contributed by atoms with Crippen LogP contribution < -0.4 is 16.0 Å². The highest BCUT2D eigenvalue weighted by Gasteiger charge is 2.31. The SMILES string of the molecule is O=C(CCN1CCCCC1)NCC[C@@H]1CC[C@H](NC(=O)Nc2ccc(Cl)cc2)[C@H](CO)O1. The molecule has 0 saturated carbocycles. The van der Waals surface area contributed by atoms with Crippen LogP contribution in [-0.2, 0) is 9.53 Å². The van der Waals surface area contributed by atoms with Crippen molar-refractivity contribution in [3.05, 3.63) is 29.3 Å². The molecule has 1 aromatic carbocycles. The minimum Gasteiger partial charge on any atom is -0.394 e. The predicted molar refractivity (Wildman–Crippen MR) is 125 cm³/mol. The van der Waals surface area contributed by atoms with E-state index in [1.165, 1.54) is 19.3 Å². The van der Waals surface area contributed by atoms with E-state index in [9.17, 15) is 14.7 Å². The van der Waals surface area contributed by atoms with Crippen molar-refractivity contribution in [3.63, 3.8) is 0 Å². The van der Waals surface area contributed by atoms with Gasteiger partial charge >= 0.3 is 6.03 Å². The molecule has 1 aromatic rings. The normalized spacial score (nSPS) is 24.0. The summed E-state index contributed by atoms with van der Waals surface area (Å²) in [6, 6.07) is 6.23. The summed E-state index contributed by atoms with van der Waals surface area (Å²) in [5.41, 5.74) is 0.637. The first-order valence-electron chi connectivity index (χ1n) is 11.6. The number of rotatable bonds is 9. The molecule has 2 aliphatic heterocycles. The predicted octanol–water partition coefficient (Wildman–Crippen LogP) is 2.75. The van der Waals surface area contributed by atoms with Gasteiger partial charge in [0, 0.05) is 30.2 Å². The van der Waals surface area contributed by atoms with Gasteiger partial charge in [-0.25, -0.2) is 4.79 Å². The molecule has 2 fully saturated rings. The summed E-state index contributed by atoms with van der Waals surface area (Å²) in [6.45, 7) is 3.39. The second-order valence-electron chi connectivity index (χ2n) is 8.56. The summed E-state index contributed by atoms with van der Waals surface area (Å²) < 4.78 is 5.98. The first kappa shape index (κ1) is 24.8. The van der Waals surface area contributed by atoms with Crippen LogP contribution in [0.15, 0.2) is 24.3 Å². The van der Waals surface area contributed by atoms with Crippen molar-refractivity contribution < 1.29 is 19.4 Å². The van der Waals surface area contributed by atoms with E-state index in [2.05, 4.69) is 20.9 Å². The van der Waals surface area contributed by atoms with E-state index in [1.807, 2.05) is 0 Å². The lowest BCUT2D eigenvalue weighted by Gasteiger charge is -2.36. The highest BCUT2D eigenvalue weighted by molar-refractivity contribution is 6.30. The number of aliphatic hydroxyl groups is 1. The van der Waals surface area contributed by atoms with Gasteiger partial charge in [-0.1, -0.05) is 18.0 Å². The van der Waals surface area contributed by atoms with Crippen molar-refractivity contribution in [2.75, 3.05) is 38.1 Å². The number of hydrogen-bond donors (Lipinski definition) is 4. The fourth-order valence-corrected chi connectivity index (χ4v) is 4.41. The average Bonchev–Trinajstić information content (AvgIpc) is 2.80. The second kappa shape index (κ2) is 13.0. The van der Waals surface area contributed by atoms with Crippen molar-refractivity contribution in [2.24, 2.45) is 0 Å². The zero-order chi connectivity index (χ0) is 22.8. The molecule has 2 aliphatic rings. The number of likely N-dealkylation sites (tertiary alicyclic amines) is 1. The maximum Gasteiger partial charge on any atom is 0.319 e. The third-order valence-electron chi connectivity index (χ3n) is 6.11. The van der Waals surface area contributed by atoms with Gasteiger partial charge in [-0.2, -0.15) is 0 Å². The Balaban J connectivity index is 1.33. The number of urea groups is 1. The smallest absolute Gasteiger partial charge is 0.319 e. The van der Waals surface area contributed by atoms with Crippen LogP contribution in [0.3, 0.4) is 0 Å². The molecule has 0 radical (unpaired) electrons. The van der Waals surface area contributed by atoms with Crippen LogP contribution in [0.1, 0.15) is 44.9 Å². The molecular formula is C23H35ClN4O4. The van der Waals surface area contributed by atoms with Gasteiger partial charge in [0.15, 0.2) is 0 Å². The zero-order valence-electron chi connectivity index (χ0n) is 18.5. The van der Waals surface area contributed by atoms with Crippen LogP contribution in [-0.4, -0.2) is 73.0 Å². The Kier molecular flexibility index (Phi) is 10.1. The van der Waals surface area contributed by atoms with Gasteiger partial charge in [0.05, 0.1) is 18.8 Å². The lowest BCUT2D eigenvalue weighted by molar-refractivity contribution is -0.122. The van der Waals surface area contributed by atoms with Crippen molar-refractivity contribution >= 4 is 29.2 Å². The number of amides is 3. The number of carbonyl (C=O) groups excluding carboxylic acids is 2. The topological polar surface area (TPSA) is 103 Å². The van der Waals surface area contributed by atoms with Crippen molar-refractivity contribution in [3.8, 4) is 0 Å². The number of nitrogens with zero attached hydrogens (tertiary/aromatic N) is 1. The number of aliphatic hydroxyl groups excluding tert-OH is 1. The molecule has 0 bridgehead atoms. The molecule has 0 spiro atoms. The molecule has 4 N–H and O–H groups in total. The number of nitrogens with one attached hydrogen (secondary N) is 3. The lowest BCUT2D eigenvalue weighted by Crippen LogP contribution is -2.52. The molecule has 32 heavy (non-hydrogen) atoms. The summed E-state index contributed by atoms with van der Waals surface area (Å²) in [5.74, 6) is 0.0727. The Morgan fingerprint density at radius 2 is 1.88 bits per heavy atom. The van der Waals surface area contributed by atoms with Crippen molar-refractivity contribution in [2.45, 2.75) is 63.2 Å². The molecule has 9 heteroatoms. The summed E-state index contributed by atoms with van der Waals surface area (Å²) in [7, 11) is 0. The lowest BCUT2D eigenvalue weighted by atomic mass is 9.97. The van der Waals surface area contributed by atoms with Gasteiger partial charge in [-0.05, 0) is 69.5 Å². The van der Waals surface area contributed by atoms with Gasteiger partial charge in [-0.3, -0.25) is 4.79 Å². The van der Waals surface area contributed by atoms with E-state index in [1.54, 1.807) is 24.3 Å². The maximum absolute atomic E-state index is 12.3.